The minimum Gasteiger partial charge on any atom is -0.493 e. The van der Waals surface area contributed by atoms with E-state index in [1.807, 2.05) is 4.90 Å². The fraction of sp³-hybridized carbons (Fsp3) is 0.600. The van der Waals surface area contributed by atoms with Crippen LogP contribution in [0.25, 0.3) is 0 Å². The fourth-order valence-electron chi connectivity index (χ4n) is 2.71. The summed E-state index contributed by atoms with van der Waals surface area (Å²) in [5, 5.41) is 9.80. The van der Waals surface area contributed by atoms with Crippen LogP contribution in [0.2, 0.25) is 0 Å². The SMILES string of the molecule is COc1ccc(N2CCC(C(C)(O)C(F)(F)F)C2)cc1OC. The van der Waals surface area contributed by atoms with E-state index >= 15 is 0 Å². The Hall–Kier alpha value is -1.63. The third kappa shape index (κ3) is 2.95. The van der Waals surface area contributed by atoms with Gasteiger partial charge in [0.05, 0.1) is 14.2 Å². The molecule has 124 valence electrons. The molecule has 0 aromatic heterocycles. The molecule has 1 aromatic rings. The quantitative estimate of drug-likeness (QED) is 0.927. The van der Waals surface area contributed by atoms with Crippen LogP contribution in [0.4, 0.5) is 18.9 Å². The van der Waals surface area contributed by atoms with E-state index in [4.69, 9.17) is 9.47 Å². The van der Waals surface area contributed by atoms with E-state index in [1.165, 1.54) is 14.2 Å². The molecule has 2 atom stereocenters. The van der Waals surface area contributed by atoms with Crippen LogP contribution >= 0.6 is 0 Å². The van der Waals surface area contributed by atoms with Crippen molar-refractivity contribution in [1.29, 1.82) is 0 Å². The van der Waals surface area contributed by atoms with Gasteiger partial charge in [0.1, 0.15) is 0 Å². The predicted molar refractivity (Wildman–Crippen MR) is 76.5 cm³/mol. The van der Waals surface area contributed by atoms with Crippen molar-refractivity contribution in [1.82, 2.24) is 0 Å². The smallest absolute Gasteiger partial charge is 0.417 e. The first kappa shape index (κ1) is 16.7. The number of alkyl halides is 3. The first-order valence-electron chi connectivity index (χ1n) is 6.96. The van der Waals surface area contributed by atoms with E-state index < -0.39 is 17.7 Å². The molecule has 22 heavy (non-hydrogen) atoms. The number of nitrogens with zero attached hydrogens (tertiary/aromatic N) is 1. The van der Waals surface area contributed by atoms with Crippen molar-refractivity contribution in [3.63, 3.8) is 0 Å². The van der Waals surface area contributed by atoms with Crippen LogP contribution in [0.15, 0.2) is 18.2 Å². The summed E-state index contributed by atoms with van der Waals surface area (Å²) < 4.78 is 49.1. The lowest BCUT2D eigenvalue weighted by molar-refractivity contribution is -0.269. The van der Waals surface area contributed by atoms with Gasteiger partial charge in [-0.15, -0.1) is 0 Å². The highest BCUT2D eigenvalue weighted by Crippen LogP contribution is 2.41. The number of hydrogen-bond donors (Lipinski definition) is 1. The van der Waals surface area contributed by atoms with Gasteiger partial charge in [0.15, 0.2) is 17.1 Å². The first-order valence-corrected chi connectivity index (χ1v) is 6.96. The van der Waals surface area contributed by atoms with Crippen molar-refractivity contribution in [2.24, 2.45) is 5.92 Å². The third-order valence-corrected chi connectivity index (χ3v) is 4.29. The van der Waals surface area contributed by atoms with Gasteiger partial charge in [0.25, 0.3) is 0 Å². The molecule has 0 spiro atoms. The number of benzene rings is 1. The Bertz CT molecular complexity index is 531. The average molecular weight is 319 g/mol. The third-order valence-electron chi connectivity index (χ3n) is 4.29. The summed E-state index contributed by atoms with van der Waals surface area (Å²) in [5.74, 6) is 0.218. The van der Waals surface area contributed by atoms with Gasteiger partial charge >= 0.3 is 6.18 Å². The maximum atomic E-state index is 12.9. The summed E-state index contributed by atoms with van der Waals surface area (Å²) in [4.78, 5) is 1.81. The highest BCUT2D eigenvalue weighted by Gasteiger charge is 2.56. The van der Waals surface area contributed by atoms with E-state index in [0.717, 1.165) is 12.6 Å². The van der Waals surface area contributed by atoms with Crippen molar-refractivity contribution >= 4 is 5.69 Å². The summed E-state index contributed by atoms with van der Waals surface area (Å²) in [6.07, 6.45) is -4.36. The van der Waals surface area contributed by atoms with Gasteiger partial charge in [-0.05, 0) is 25.5 Å². The van der Waals surface area contributed by atoms with Gasteiger partial charge in [-0.1, -0.05) is 0 Å². The highest BCUT2D eigenvalue weighted by atomic mass is 19.4. The second-order valence-electron chi connectivity index (χ2n) is 5.62. The van der Waals surface area contributed by atoms with E-state index in [2.05, 4.69) is 0 Å². The van der Waals surface area contributed by atoms with Crippen LogP contribution in [-0.2, 0) is 0 Å². The van der Waals surface area contributed by atoms with E-state index in [-0.39, 0.29) is 13.0 Å². The van der Waals surface area contributed by atoms with Gasteiger partial charge in [-0.3, -0.25) is 0 Å². The predicted octanol–water partition coefficient (Wildman–Crippen LogP) is 2.84. The Balaban J connectivity index is 2.17. The molecule has 7 heteroatoms. The van der Waals surface area contributed by atoms with Crippen LogP contribution in [0.3, 0.4) is 0 Å². The standard InChI is InChI=1S/C15H20F3NO3/c1-14(20,15(16,17)18)10-6-7-19(9-10)11-4-5-12(21-2)13(8-11)22-3/h4-5,8,10,20H,6-7,9H2,1-3H3. The van der Waals surface area contributed by atoms with E-state index in [1.54, 1.807) is 18.2 Å². The minimum atomic E-state index is -4.63. The monoisotopic (exact) mass is 319 g/mol. The molecule has 0 saturated carbocycles. The Morgan fingerprint density at radius 2 is 1.82 bits per heavy atom. The number of methoxy groups -OCH3 is 2. The van der Waals surface area contributed by atoms with Crippen LogP contribution in [0.1, 0.15) is 13.3 Å². The van der Waals surface area contributed by atoms with Crippen molar-refractivity contribution in [3.05, 3.63) is 18.2 Å². The molecular weight excluding hydrogens is 299 g/mol. The van der Waals surface area contributed by atoms with E-state index in [9.17, 15) is 18.3 Å². The largest absolute Gasteiger partial charge is 0.493 e. The molecule has 1 aliphatic heterocycles. The molecule has 1 aromatic carbocycles. The van der Waals surface area contributed by atoms with Crippen LogP contribution < -0.4 is 14.4 Å². The molecule has 2 rings (SSSR count). The molecule has 0 radical (unpaired) electrons. The van der Waals surface area contributed by atoms with Gasteiger partial charge in [0, 0.05) is 30.8 Å². The zero-order valence-corrected chi connectivity index (χ0v) is 12.8. The number of aliphatic hydroxyl groups is 1. The second-order valence-corrected chi connectivity index (χ2v) is 5.62. The summed E-state index contributed by atoms with van der Waals surface area (Å²) >= 11 is 0. The topological polar surface area (TPSA) is 41.9 Å². The number of ether oxygens (including phenoxy) is 2. The van der Waals surface area contributed by atoms with Crippen LogP contribution in [-0.4, -0.2) is 44.2 Å². The molecule has 0 amide bonds. The fourth-order valence-corrected chi connectivity index (χ4v) is 2.71. The van der Waals surface area contributed by atoms with Gasteiger partial charge in [0.2, 0.25) is 0 Å². The molecule has 0 aliphatic carbocycles. The summed E-state index contributed by atoms with van der Waals surface area (Å²) in [7, 11) is 3.02. The molecular formula is C15H20F3NO3. The molecule has 1 N–H and O–H groups in total. The molecule has 1 saturated heterocycles. The van der Waals surface area contributed by atoms with Crippen molar-refractivity contribution in [2.75, 3.05) is 32.2 Å². The second kappa shape index (κ2) is 5.87. The Morgan fingerprint density at radius 1 is 1.18 bits per heavy atom. The average Bonchev–Trinajstić information content (AvgIpc) is 2.95. The molecule has 1 heterocycles. The normalized spacial score (nSPS) is 21.6. The van der Waals surface area contributed by atoms with Gasteiger partial charge in [-0.25, -0.2) is 0 Å². The summed E-state index contributed by atoms with van der Waals surface area (Å²) in [5.41, 5.74) is -1.93. The maximum Gasteiger partial charge on any atom is 0.417 e. The molecule has 1 fully saturated rings. The lowest BCUT2D eigenvalue weighted by atomic mass is 9.88. The first-order chi connectivity index (χ1) is 10.2. The molecule has 1 aliphatic rings. The Labute approximate surface area is 127 Å². The van der Waals surface area contributed by atoms with E-state index in [0.29, 0.717) is 18.0 Å². The van der Waals surface area contributed by atoms with Crippen LogP contribution in [0, 0.1) is 5.92 Å². The highest BCUT2D eigenvalue weighted by molar-refractivity contribution is 5.57. The maximum absolute atomic E-state index is 12.9. The minimum absolute atomic E-state index is 0.141. The van der Waals surface area contributed by atoms with Gasteiger partial charge < -0.3 is 19.5 Å². The zero-order valence-electron chi connectivity index (χ0n) is 12.8. The van der Waals surface area contributed by atoms with Crippen LogP contribution in [0.5, 0.6) is 11.5 Å². The molecule has 0 bridgehead atoms. The summed E-state index contributed by atoms with van der Waals surface area (Å²) in [6, 6.07) is 5.21. The van der Waals surface area contributed by atoms with Gasteiger partial charge in [-0.2, -0.15) is 13.2 Å². The molecule has 2 unspecified atom stereocenters. The Morgan fingerprint density at radius 3 is 2.36 bits per heavy atom. The van der Waals surface area contributed by atoms with Crippen molar-refractivity contribution in [3.8, 4) is 11.5 Å². The Kier molecular flexibility index (Phi) is 4.47. The lowest BCUT2D eigenvalue weighted by Gasteiger charge is -2.32. The number of halogens is 3. The lowest BCUT2D eigenvalue weighted by Crippen LogP contribution is -2.49. The number of hydrogen-bond acceptors (Lipinski definition) is 4. The summed E-state index contributed by atoms with van der Waals surface area (Å²) in [6.45, 7) is 1.43. The van der Waals surface area contributed by atoms with Crippen molar-refractivity contribution < 1.29 is 27.8 Å². The van der Waals surface area contributed by atoms with Crippen molar-refractivity contribution in [2.45, 2.75) is 25.1 Å². The number of rotatable bonds is 4. The molecule has 4 nitrogen and oxygen atoms in total. The number of anilines is 1. The zero-order chi connectivity index (χ0) is 16.5.